The van der Waals surface area contributed by atoms with Gasteiger partial charge in [-0.2, -0.15) is 5.10 Å². The molecule has 0 aliphatic carbocycles. The Bertz CT molecular complexity index is 826. The molecule has 1 unspecified atom stereocenters. The van der Waals surface area contributed by atoms with Crippen LogP contribution in [0.2, 0.25) is 0 Å². The molecule has 1 aromatic carbocycles. The molecular weight excluding hydrogens is 357 g/mol. The smallest absolute Gasteiger partial charge is 0.242 e. The first kappa shape index (κ1) is 20.3. The lowest BCUT2D eigenvalue weighted by molar-refractivity contribution is -0.122. The SMILES string of the molecule is CCN1CCN(c2ccc(F)cc2C(C)NC(=O)Cn2nc(C)cc2C)CC1. The number of aryl methyl sites for hydroxylation is 2. The number of nitrogens with zero attached hydrogens (tertiary/aromatic N) is 4. The van der Waals surface area contributed by atoms with Crippen molar-refractivity contribution in [2.24, 2.45) is 0 Å². The Labute approximate surface area is 166 Å². The van der Waals surface area contributed by atoms with Crippen LogP contribution in [-0.2, 0) is 11.3 Å². The first-order valence-electron chi connectivity index (χ1n) is 9.94. The maximum atomic E-state index is 14.0. The lowest BCUT2D eigenvalue weighted by atomic mass is 10.0. The molecule has 1 aliphatic heterocycles. The molecule has 3 rings (SSSR count). The van der Waals surface area contributed by atoms with Gasteiger partial charge >= 0.3 is 0 Å². The molecule has 0 radical (unpaired) electrons. The Morgan fingerprint density at radius 1 is 1.21 bits per heavy atom. The van der Waals surface area contributed by atoms with Gasteiger partial charge in [0.2, 0.25) is 5.91 Å². The first-order valence-corrected chi connectivity index (χ1v) is 9.94. The fourth-order valence-corrected chi connectivity index (χ4v) is 3.80. The molecule has 1 N–H and O–H groups in total. The second kappa shape index (κ2) is 8.73. The normalized spacial score (nSPS) is 16.2. The Morgan fingerprint density at radius 3 is 2.54 bits per heavy atom. The molecular formula is C21H30FN5O. The number of piperazine rings is 1. The third kappa shape index (κ3) is 4.70. The van der Waals surface area contributed by atoms with Gasteiger partial charge in [0.25, 0.3) is 0 Å². The number of benzene rings is 1. The fourth-order valence-electron chi connectivity index (χ4n) is 3.80. The molecule has 0 saturated carbocycles. The zero-order valence-electron chi connectivity index (χ0n) is 17.2. The Morgan fingerprint density at radius 2 is 1.93 bits per heavy atom. The summed E-state index contributed by atoms with van der Waals surface area (Å²) in [6, 6.07) is 6.51. The molecule has 1 aromatic heterocycles. The molecule has 1 saturated heterocycles. The lowest BCUT2D eigenvalue weighted by Gasteiger charge is -2.37. The maximum Gasteiger partial charge on any atom is 0.242 e. The van der Waals surface area contributed by atoms with Gasteiger partial charge in [0, 0.05) is 43.1 Å². The molecule has 1 amide bonds. The van der Waals surface area contributed by atoms with E-state index in [1.165, 1.54) is 12.1 Å². The van der Waals surface area contributed by atoms with E-state index in [1.54, 1.807) is 4.68 Å². The van der Waals surface area contributed by atoms with Crippen molar-refractivity contribution < 1.29 is 9.18 Å². The summed E-state index contributed by atoms with van der Waals surface area (Å²) in [6.07, 6.45) is 0. The molecule has 6 nitrogen and oxygen atoms in total. The molecule has 2 aromatic rings. The number of nitrogens with one attached hydrogen (secondary N) is 1. The molecule has 0 bridgehead atoms. The summed E-state index contributed by atoms with van der Waals surface area (Å²) < 4.78 is 15.7. The van der Waals surface area contributed by atoms with E-state index in [1.807, 2.05) is 32.9 Å². The Kier molecular flexibility index (Phi) is 6.34. The third-order valence-corrected chi connectivity index (χ3v) is 5.39. The van der Waals surface area contributed by atoms with E-state index in [9.17, 15) is 9.18 Å². The van der Waals surface area contributed by atoms with Gasteiger partial charge in [0.1, 0.15) is 12.4 Å². The predicted octanol–water partition coefficient (Wildman–Crippen LogP) is 2.66. The Hall–Kier alpha value is -2.41. The minimum Gasteiger partial charge on any atom is -0.369 e. The number of amides is 1. The average Bonchev–Trinajstić information content (AvgIpc) is 2.98. The van der Waals surface area contributed by atoms with Crippen LogP contribution in [-0.4, -0.2) is 53.3 Å². The molecule has 28 heavy (non-hydrogen) atoms. The minimum absolute atomic E-state index is 0.135. The highest BCUT2D eigenvalue weighted by atomic mass is 19.1. The van der Waals surface area contributed by atoms with Crippen LogP contribution in [0.15, 0.2) is 24.3 Å². The van der Waals surface area contributed by atoms with Crippen LogP contribution < -0.4 is 10.2 Å². The predicted molar refractivity (Wildman–Crippen MR) is 109 cm³/mol. The summed E-state index contributed by atoms with van der Waals surface area (Å²) in [5.41, 5.74) is 3.64. The standard InChI is InChI=1S/C21H30FN5O/c1-5-25-8-10-26(11-9-25)20-7-6-18(22)13-19(20)17(4)23-21(28)14-27-16(3)12-15(2)24-27/h6-7,12-13,17H,5,8-11,14H2,1-4H3,(H,23,28). The van der Waals surface area contributed by atoms with E-state index >= 15 is 0 Å². The van der Waals surface area contributed by atoms with Crippen LogP contribution in [0.5, 0.6) is 0 Å². The van der Waals surface area contributed by atoms with Crippen molar-refractivity contribution in [3.05, 3.63) is 47.0 Å². The highest BCUT2D eigenvalue weighted by Crippen LogP contribution is 2.28. The monoisotopic (exact) mass is 387 g/mol. The second-order valence-corrected chi connectivity index (χ2v) is 7.50. The van der Waals surface area contributed by atoms with Crippen molar-refractivity contribution in [1.82, 2.24) is 20.0 Å². The van der Waals surface area contributed by atoms with Crippen LogP contribution in [0.4, 0.5) is 10.1 Å². The van der Waals surface area contributed by atoms with Crippen molar-refractivity contribution in [1.29, 1.82) is 0 Å². The van der Waals surface area contributed by atoms with Crippen LogP contribution in [0.1, 0.15) is 36.8 Å². The second-order valence-electron chi connectivity index (χ2n) is 7.50. The van der Waals surface area contributed by atoms with Crippen molar-refractivity contribution >= 4 is 11.6 Å². The number of rotatable bonds is 6. The van der Waals surface area contributed by atoms with Gasteiger partial charge in [-0.05, 0) is 51.6 Å². The van der Waals surface area contributed by atoms with E-state index < -0.39 is 0 Å². The number of likely N-dealkylation sites (N-methyl/N-ethyl adjacent to an activating group) is 1. The van der Waals surface area contributed by atoms with Gasteiger partial charge in [0.15, 0.2) is 0 Å². The molecule has 2 heterocycles. The first-order chi connectivity index (χ1) is 13.4. The Balaban J connectivity index is 1.72. The minimum atomic E-state index is -0.292. The fraction of sp³-hybridized carbons (Fsp3) is 0.524. The van der Waals surface area contributed by atoms with Crippen molar-refractivity contribution in [3.63, 3.8) is 0 Å². The highest BCUT2D eigenvalue weighted by molar-refractivity contribution is 5.76. The molecule has 0 spiro atoms. The van der Waals surface area contributed by atoms with Gasteiger partial charge in [-0.1, -0.05) is 6.92 Å². The van der Waals surface area contributed by atoms with Gasteiger partial charge in [-0.3, -0.25) is 9.48 Å². The topological polar surface area (TPSA) is 53.4 Å². The van der Waals surface area contributed by atoms with E-state index in [4.69, 9.17) is 0 Å². The van der Waals surface area contributed by atoms with Crippen molar-refractivity contribution in [2.45, 2.75) is 40.3 Å². The number of hydrogen-bond donors (Lipinski definition) is 1. The largest absolute Gasteiger partial charge is 0.369 e. The van der Waals surface area contributed by atoms with Crippen molar-refractivity contribution in [2.75, 3.05) is 37.6 Å². The van der Waals surface area contributed by atoms with Gasteiger partial charge in [0.05, 0.1) is 11.7 Å². The van der Waals surface area contributed by atoms with Crippen LogP contribution >= 0.6 is 0 Å². The van der Waals surface area contributed by atoms with Crippen molar-refractivity contribution in [3.8, 4) is 0 Å². The number of halogens is 1. The van der Waals surface area contributed by atoms with Gasteiger partial charge in [-0.25, -0.2) is 4.39 Å². The summed E-state index contributed by atoms with van der Waals surface area (Å²) in [7, 11) is 0. The average molecular weight is 388 g/mol. The number of aromatic nitrogens is 2. The highest BCUT2D eigenvalue weighted by Gasteiger charge is 2.22. The van der Waals surface area contributed by atoms with E-state index in [2.05, 4.69) is 27.1 Å². The zero-order chi connectivity index (χ0) is 20.3. The molecule has 7 heteroatoms. The van der Waals surface area contributed by atoms with Crippen LogP contribution in [0.3, 0.4) is 0 Å². The number of carbonyl (C=O) groups excluding carboxylic acids is 1. The quantitative estimate of drug-likeness (QED) is 0.828. The van der Waals surface area contributed by atoms with Crippen LogP contribution in [0, 0.1) is 19.7 Å². The maximum absolute atomic E-state index is 14.0. The lowest BCUT2D eigenvalue weighted by Crippen LogP contribution is -2.46. The zero-order valence-corrected chi connectivity index (χ0v) is 17.2. The summed E-state index contributed by atoms with van der Waals surface area (Å²) in [5.74, 6) is -0.421. The number of hydrogen-bond acceptors (Lipinski definition) is 4. The summed E-state index contributed by atoms with van der Waals surface area (Å²) in [4.78, 5) is 17.2. The summed E-state index contributed by atoms with van der Waals surface area (Å²) >= 11 is 0. The van der Waals surface area contributed by atoms with Crippen LogP contribution in [0.25, 0.3) is 0 Å². The summed E-state index contributed by atoms with van der Waals surface area (Å²) in [6.45, 7) is 12.9. The summed E-state index contributed by atoms with van der Waals surface area (Å²) in [5, 5.41) is 7.34. The van der Waals surface area contributed by atoms with Gasteiger partial charge < -0.3 is 15.1 Å². The van der Waals surface area contributed by atoms with E-state index in [0.717, 1.165) is 55.4 Å². The van der Waals surface area contributed by atoms with Gasteiger partial charge in [-0.15, -0.1) is 0 Å². The molecule has 1 fully saturated rings. The molecule has 1 atom stereocenters. The third-order valence-electron chi connectivity index (χ3n) is 5.39. The van der Waals surface area contributed by atoms with E-state index in [0.29, 0.717) is 0 Å². The molecule has 1 aliphatic rings. The van der Waals surface area contributed by atoms with E-state index in [-0.39, 0.29) is 24.3 Å². The number of anilines is 1. The molecule has 152 valence electrons. The number of carbonyl (C=O) groups is 1.